The third kappa shape index (κ3) is 5.47. The van der Waals surface area contributed by atoms with Gasteiger partial charge in [0.1, 0.15) is 0 Å². The lowest BCUT2D eigenvalue weighted by molar-refractivity contribution is -0.143. The van der Waals surface area contributed by atoms with Crippen molar-refractivity contribution in [1.82, 2.24) is 24.5 Å². The van der Waals surface area contributed by atoms with Crippen LogP contribution in [0.15, 0.2) is 30.5 Å². The van der Waals surface area contributed by atoms with E-state index in [0.29, 0.717) is 76.8 Å². The van der Waals surface area contributed by atoms with Gasteiger partial charge in [0.05, 0.1) is 41.0 Å². The predicted octanol–water partition coefficient (Wildman–Crippen LogP) is 5.31. The second kappa shape index (κ2) is 11.3. The maximum Gasteiger partial charge on any atom is 0.416 e. The number of benzene rings is 1. The molecular weight excluding hydrogens is 551 g/mol. The van der Waals surface area contributed by atoms with Gasteiger partial charge in [-0.1, -0.05) is 18.2 Å². The van der Waals surface area contributed by atoms with E-state index in [9.17, 15) is 32.7 Å². The van der Waals surface area contributed by atoms with Gasteiger partial charge in [-0.3, -0.25) is 14.3 Å². The quantitative estimate of drug-likeness (QED) is 0.511. The average molecular weight is 588 g/mol. The van der Waals surface area contributed by atoms with Crippen molar-refractivity contribution < 1.29 is 32.7 Å². The number of amides is 3. The number of carbonyl (C=O) groups is 3. The molecule has 1 aromatic heterocycles. The zero-order valence-electron chi connectivity index (χ0n) is 23.4. The van der Waals surface area contributed by atoms with Crippen LogP contribution in [0, 0.1) is 5.92 Å². The molecule has 4 heterocycles. The summed E-state index contributed by atoms with van der Waals surface area (Å²) in [5.74, 6) is -1.27. The van der Waals surface area contributed by atoms with Gasteiger partial charge in [0, 0.05) is 38.6 Å². The number of piperidine rings is 2. The van der Waals surface area contributed by atoms with Crippen molar-refractivity contribution in [2.75, 3.05) is 32.7 Å². The SMILES string of the molecule is O=C(O)C1CCN(C(=O)N2CCC(n3ncc(C(=O)N4CCCC4c4ccccc4C(F)(F)F)c3C3CC3)CC2)CC1. The minimum atomic E-state index is -4.50. The molecule has 1 aliphatic carbocycles. The molecule has 4 fully saturated rings. The van der Waals surface area contributed by atoms with E-state index in [2.05, 4.69) is 5.10 Å². The van der Waals surface area contributed by atoms with Gasteiger partial charge in [0.15, 0.2) is 0 Å². The lowest BCUT2D eigenvalue weighted by Crippen LogP contribution is -2.50. The highest BCUT2D eigenvalue weighted by molar-refractivity contribution is 5.96. The molecule has 3 saturated heterocycles. The average Bonchev–Trinajstić information content (AvgIpc) is 3.53. The number of hydrogen-bond donors (Lipinski definition) is 1. The highest BCUT2D eigenvalue weighted by atomic mass is 19.4. The van der Waals surface area contributed by atoms with E-state index in [1.165, 1.54) is 12.1 Å². The van der Waals surface area contributed by atoms with Crippen LogP contribution in [-0.4, -0.2) is 80.2 Å². The van der Waals surface area contributed by atoms with E-state index < -0.39 is 29.7 Å². The monoisotopic (exact) mass is 587 g/mol. The maximum absolute atomic E-state index is 13.9. The fraction of sp³-hybridized carbons (Fsp3) is 0.600. The van der Waals surface area contributed by atoms with Gasteiger partial charge in [-0.05, 0) is 63.0 Å². The van der Waals surface area contributed by atoms with Crippen molar-refractivity contribution in [1.29, 1.82) is 0 Å². The van der Waals surface area contributed by atoms with Gasteiger partial charge < -0.3 is 19.8 Å². The molecule has 42 heavy (non-hydrogen) atoms. The summed E-state index contributed by atoms with van der Waals surface area (Å²) in [6, 6.07) is 4.85. The van der Waals surface area contributed by atoms with Gasteiger partial charge >= 0.3 is 18.2 Å². The van der Waals surface area contributed by atoms with Gasteiger partial charge in [0.2, 0.25) is 0 Å². The summed E-state index contributed by atoms with van der Waals surface area (Å²) in [4.78, 5) is 43.4. The molecule has 1 unspecified atom stereocenters. The lowest BCUT2D eigenvalue weighted by atomic mass is 9.97. The largest absolute Gasteiger partial charge is 0.481 e. The molecule has 1 saturated carbocycles. The van der Waals surface area contributed by atoms with E-state index in [4.69, 9.17) is 0 Å². The Morgan fingerprint density at radius 2 is 1.50 bits per heavy atom. The molecule has 1 atom stereocenters. The summed E-state index contributed by atoms with van der Waals surface area (Å²) in [6.45, 7) is 2.36. The number of alkyl halides is 3. The van der Waals surface area contributed by atoms with Crippen LogP contribution in [0.5, 0.6) is 0 Å². The van der Waals surface area contributed by atoms with E-state index >= 15 is 0 Å². The van der Waals surface area contributed by atoms with E-state index in [-0.39, 0.29) is 29.5 Å². The van der Waals surface area contributed by atoms with Crippen molar-refractivity contribution >= 4 is 17.9 Å². The Hall–Kier alpha value is -3.57. The number of carboxylic acid groups (broad SMARTS) is 1. The Balaban J connectivity index is 1.16. The molecular formula is C30H36F3N5O4. The lowest BCUT2D eigenvalue weighted by Gasteiger charge is -2.38. The van der Waals surface area contributed by atoms with E-state index in [1.807, 2.05) is 9.58 Å². The Morgan fingerprint density at radius 3 is 2.12 bits per heavy atom. The minimum absolute atomic E-state index is 0.0178. The third-order valence-electron chi connectivity index (χ3n) is 9.36. The number of aromatic nitrogens is 2. The topological polar surface area (TPSA) is 99.0 Å². The van der Waals surface area contributed by atoms with Gasteiger partial charge in [-0.2, -0.15) is 18.3 Å². The maximum atomic E-state index is 13.9. The summed E-state index contributed by atoms with van der Waals surface area (Å²) < 4.78 is 43.4. The summed E-state index contributed by atoms with van der Waals surface area (Å²) in [5.41, 5.74) is 0.796. The number of carbonyl (C=O) groups excluding carboxylic acids is 2. The van der Waals surface area contributed by atoms with Crippen molar-refractivity contribution in [2.45, 2.75) is 75.5 Å². The normalized spacial score (nSPS) is 22.5. The molecule has 0 spiro atoms. The first-order valence-electron chi connectivity index (χ1n) is 14.9. The molecule has 9 nitrogen and oxygen atoms in total. The van der Waals surface area contributed by atoms with E-state index in [0.717, 1.165) is 24.6 Å². The van der Waals surface area contributed by atoms with Crippen LogP contribution in [-0.2, 0) is 11.0 Å². The molecule has 0 radical (unpaired) electrons. The van der Waals surface area contributed by atoms with Crippen LogP contribution >= 0.6 is 0 Å². The fourth-order valence-electron chi connectivity index (χ4n) is 6.94. The first kappa shape index (κ1) is 28.5. The first-order valence-corrected chi connectivity index (χ1v) is 14.9. The van der Waals surface area contributed by atoms with Crippen molar-refractivity contribution in [3.8, 4) is 0 Å². The number of rotatable bonds is 5. The van der Waals surface area contributed by atoms with Gasteiger partial charge in [-0.15, -0.1) is 0 Å². The van der Waals surface area contributed by atoms with Crippen LogP contribution in [0.3, 0.4) is 0 Å². The molecule has 3 amide bonds. The van der Waals surface area contributed by atoms with Crippen molar-refractivity contribution in [3.63, 3.8) is 0 Å². The second-order valence-corrected chi connectivity index (χ2v) is 12.0. The number of aliphatic carboxylic acids is 1. The van der Waals surface area contributed by atoms with Crippen LogP contribution in [0.4, 0.5) is 18.0 Å². The number of carboxylic acids is 1. The molecule has 1 aromatic carbocycles. The highest BCUT2D eigenvalue weighted by Crippen LogP contribution is 2.45. The zero-order valence-corrected chi connectivity index (χ0v) is 23.4. The predicted molar refractivity (Wildman–Crippen MR) is 146 cm³/mol. The molecule has 6 rings (SSSR count). The standard InChI is InChI=1S/C30H36F3N5O4/c31-30(32,33)24-5-2-1-4-22(24)25-6-3-13-37(25)27(39)23-18-34-38(26(23)19-7-8-19)21-11-16-36(17-12-21)29(42)35-14-9-20(10-15-35)28(40)41/h1-2,4-5,18-21,25H,3,6-17H2,(H,40,41). The summed E-state index contributed by atoms with van der Waals surface area (Å²) >= 11 is 0. The van der Waals surface area contributed by atoms with Crippen molar-refractivity contribution in [3.05, 3.63) is 52.8 Å². The van der Waals surface area contributed by atoms with Gasteiger partial charge in [-0.25, -0.2) is 4.79 Å². The van der Waals surface area contributed by atoms with Crippen LogP contribution in [0.1, 0.15) is 96.5 Å². The van der Waals surface area contributed by atoms with Crippen molar-refractivity contribution in [2.24, 2.45) is 5.92 Å². The van der Waals surface area contributed by atoms with Crippen LogP contribution in [0.2, 0.25) is 0 Å². The molecule has 1 N–H and O–H groups in total. The molecule has 12 heteroatoms. The number of halogens is 3. The first-order chi connectivity index (χ1) is 20.1. The van der Waals surface area contributed by atoms with Crippen LogP contribution in [0.25, 0.3) is 0 Å². The molecule has 0 bridgehead atoms. The Bertz CT molecular complexity index is 1340. The number of urea groups is 1. The van der Waals surface area contributed by atoms with Crippen LogP contribution < -0.4 is 0 Å². The number of nitrogens with zero attached hydrogens (tertiary/aromatic N) is 5. The number of hydrogen-bond acceptors (Lipinski definition) is 4. The summed E-state index contributed by atoms with van der Waals surface area (Å²) in [6.07, 6.45) is 2.37. The Labute approximate surface area is 242 Å². The second-order valence-electron chi connectivity index (χ2n) is 12.0. The Kier molecular flexibility index (Phi) is 7.65. The highest BCUT2D eigenvalue weighted by Gasteiger charge is 2.42. The molecule has 3 aliphatic heterocycles. The van der Waals surface area contributed by atoms with Gasteiger partial charge in [0.25, 0.3) is 5.91 Å². The zero-order chi connectivity index (χ0) is 29.6. The Morgan fingerprint density at radius 1 is 0.857 bits per heavy atom. The summed E-state index contributed by atoms with van der Waals surface area (Å²) in [5, 5.41) is 13.9. The molecule has 2 aromatic rings. The smallest absolute Gasteiger partial charge is 0.416 e. The third-order valence-corrected chi connectivity index (χ3v) is 9.36. The number of likely N-dealkylation sites (tertiary alicyclic amines) is 3. The fourth-order valence-corrected chi connectivity index (χ4v) is 6.94. The minimum Gasteiger partial charge on any atom is -0.481 e. The molecule has 4 aliphatic rings. The summed E-state index contributed by atoms with van der Waals surface area (Å²) in [7, 11) is 0. The van der Waals surface area contributed by atoms with E-state index in [1.54, 1.807) is 22.1 Å². The molecule has 226 valence electrons.